The lowest BCUT2D eigenvalue weighted by Gasteiger charge is -2.33. The quantitative estimate of drug-likeness (QED) is 0.487. The zero-order valence-corrected chi connectivity index (χ0v) is 16.5. The molecule has 9 nitrogen and oxygen atoms in total. The summed E-state index contributed by atoms with van der Waals surface area (Å²) < 4.78 is 4.09. The molecule has 0 radical (unpaired) electrons. The first kappa shape index (κ1) is 19.2. The molecule has 2 aromatic heterocycles. The van der Waals surface area contributed by atoms with Crippen LogP contribution < -0.4 is 0 Å². The third-order valence-electron chi connectivity index (χ3n) is 5.28. The number of nitrogens with zero attached hydrogens (tertiary/aromatic N) is 4. The Morgan fingerprint density at radius 2 is 1.86 bits per heavy atom. The van der Waals surface area contributed by atoms with Crippen LogP contribution >= 0.6 is 11.5 Å². The van der Waals surface area contributed by atoms with Gasteiger partial charge in [0.2, 0.25) is 0 Å². The van der Waals surface area contributed by atoms with E-state index >= 15 is 0 Å². The Morgan fingerprint density at radius 1 is 1.21 bits per heavy atom. The van der Waals surface area contributed by atoms with Gasteiger partial charge in [0.1, 0.15) is 5.82 Å². The van der Waals surface area contributed by atoms with Crippen LogP contribution in [0.4, 0.5) is 0 Å². The molecule has 0 saturated carbocycles. The van der Waals surface area contributed by atoms with Crippen molar-refractivity contribution in [2.24, 2.45) is 0 Å². The summed E-state index contributed by atoms with van der Waals surface area (Å²) >= 11 is 1.35. The van der Waals surface area contributed by atoms with Gasteiger partial charge in [-0.3, -0.25) is 19.3 Å². The standard InChI is InChI=1S/C18H17N5O2S.CH2O2/c1-22-4-2-11(3-5-22)23-17(24)12-6-14-15(7-13(12)18(23)25)21-16(20-14)10-8-19-26-9-10;2-1-3/h6-9,11H,2-5H2,1H3,(H,20,21);1H,(H,2,3). The second-order valence-corrected chi connectivity index (χ2v) is 7.69. The van der Waals surface area contributed by atoms with Crippen molar-refractivity contribution in [3.05, 3.63) is 34.8 Å². The number of carboxylic acid groups (broad SMARTS) is 1. The lowest BCUT2D eigenvalue weighted by atomic mass is 10.0. The zero-order chi connectivity index (χ0) is 20.5. The molecule has 150 valence electrons. The molecule has 2 amide bonds. The van der Waals surface area contributed by atoms with E-state index in [-0.39, 0.29) is 24.3 Å². The number of aromatic nitrogens is 3. The molecule has 4 heterocycles. The highest BCUT2D eigenvalue weighted by Gasteiger charge is 2.41. The maximum Gasteiger partial charge on any atom is 0.290 e. The smallest absolute Gasteiger partial charge is 0.290 e. The SMILES string of the molecule is CN1CCC(N2C(=O)c3cc4nc(-c5cnsc5)[nH]c4cc3C2=O)CC1.O=CO. The molecule has 0 unspecified atom stereocenters. The Hall–Kier alpha value is -3.11. The molecule has 1 fully saturated rings. The Morgan fingerprint density at radius 3 is 2.48 bits per heavy atom. The highest BCUT2D eigenvalue weighted by Crippen LogP contribution is 2.32. The minimum absolute atomic E-state index is 0.0163. The molecule has 0 aliphatic carbocycles. The van der Waals surface area contributed by atoms with Crippen molar-refractivity contribution in [2.75, 3.05) is 20.1 Å². The van der Waals surface area contributed by atoms with Crippen molar-refractivity contribution in [1.82, 2.24) is 24.1 Å². The van der Waals surface area contributed by atoms with Crippen LogP contribution in [0.3, 0.4) is 0 Å². The molecule has 2 N–H and O–H groups in total. The Bertz CT molecular complexity index is 1020. The predicted octanol–water partition coefficient (Wildman–Crippen LogP) is 2.08. The summed E-state index contributed by atoms with van der Waals surface area (Å²) in [6.07, 6.45) is 3.40. The number of amides is 2. The number of rotatable bonds is 2. The van der Waals surface area contributed by atoms with Gasteiger partial charge in [0.05, 0.1) is 28.4 Å². The van der Waals surface area contributed by atoms with Crippen molar-refractivity contribution in [3.8, 4) is 11.4 Å². The van der Waals surface area contributed by atoms with Crippen LogP contribution in [0.15, 0.2) is 23.7 Å². The van der Waals surface area contributed by atoms with Gasteiger partial charge in [-0.25, -0.2) is 9.36 Å². The van der Waals surface area contributed by atoms with E-state index in [2.05, 4.69) is 26.3 Å². The molecular formula is C19H19N5O4S. The molecule has 1 aromatic carbocycles. The summed E-state index contributed by atoms with van der Waals surface area (Å²) in [7, 11) is 2.06. The summed E-state index contributed by atoms with van der Waals surface area (Å²) in [5, 5.41) is 8.80. The predicted molar refractivity (Wildman–Crippen MR) is 107 cm³/mol. The molecule has 0 atom stereocenters. The van der Waals surface area contributed by atoms with Crippen LogP contribution in [-0.4, -0.2) is 73.7 Å². The average molecular weight is 413 g/mol. The molecular weight excluding hydrogens is 394 g/mol. The summed E-state index contributed by atoms with van der Waals surface area (Å²) in [4.78, 5) is 45.7. The molecule has 10 heteroatoms. The van der Waals surface area contributed by atoms with Crippen molar-refractivity contribution in [1.29, 1.82) is 0 Å². The number of carbonyl (C=O) groups is 3. The number of hydrogen-bond acceptors (Lipinski definition) is 7. The maximum absolute atomic E-state index is 12.9. The highest BCUT2D eigenvalue weighted by molar-refractivity contribution is 7.03. The molecule has 3 aromatic rings. The first-order valence-electron chi connectivity index (χ1n) is 9.11. The molecule has 2 aliphatic rings. The molecule has 5 rings (SSSR count). The topological polar surface area (TPSA) is 119 Å². The third-order valence-corrected chi connectivity index (χ3v) is 5.87. The number of carbonyl (C=O) groups excluding carboxylic acids is 2. The van der Waals surface area contributed by atoms with Gasteiger partial charge in [-0.2, -0.15) is 0 Å². The first-order valence-corrected chi connectivity index (χ1v) is 9.95. The van der Waals surface area contributed by atoms with E-state index in [4.69, 9.17) is 9.90 Å². The van der Waals surface area contributed by atoms with Gasteiger partial charge in [0.25, 0.3) is 18.3 Å². The molecule has 0 bridgehead atoms. The van der Waals surface area contributed by atoms with Gasteiger partial charge in [0, 0.05) is 17.0 Å². The lowest BCUT2D eigenvalue weighted by molar-refractivity contribution is -0.122. The van der Waals surface area contributed by atoms with Gasteiger partial charge in [-0.1, -0.05) is 0 Å². The zero-order valence-electron chi connectivity index (χ0n) is 15.7. The number of imide groups is 1. The largest absolute Gasteiger partial charge is 0.483 e. The second kappa shape index (κ2) is 7.72. The highest BCUT2D eigenvalue weighted by atomic mass is 32.1. The number of fused-ring (bicyclic) bond motifs is 2. The number of benzene rings is 1. The van der Waals surface area contributed by atoms with Gasteiger partial charge in [-0.15, -0.1) is 0 Å². The van der Waals surface area contributed by atoms with Crippen molar-refractivity contribution < 1.29 is 19.5 Å². The monoisotopic (exact) mass is 413 g/mol. The van der Waals surface area contributed by atoms with Crippen molar-refractivity contribution in [3.63, 3.8) is 0 Å². The van der Waals surface area contributed by atoms with Crippen molar-refractivity contribution in [2.45, 2.75) is 18.9 Å². The molecule has 0 spiro atoms. The van der Waals surface area contributed by atoms with Gasteiger partial charge >= 0.3 is 0 Å². The third kappa shape index (κ3) is 3.40. The fourth-order valence-electron chi connectivity index (χ4n) is 3.81. The first-order chi connectivity index (χ1) is 14.0. The number of imidazole rings is 1. The molecule has 1 saturated heterocycles. The van der Waals surface area contributed by atoms with Crippen LogP contribution in [0.5, 0.6) is 0 Å². The number of likely N-dealkylation sites (tertiary alicyclic amines) is 1. The van der Waals surface area contributed by atoms with Crippen LogP contribution in [0, 0.1) is 0 Å². The summed E-state index contributed by atoms with van der Waals surface area (Å²) in [6.45, 7) is 1.55. The van der Waals surface area contributed by atoms with Crippen LogP contribution in [0.25, 0.3) is 22.4 Å². The number of hydrogen-bond donors (Lipinski definition) is 2. The van der Waals surface area contributed by atoms with Gasteiger partial charge in [-0.05, 0) is 56.6 Å². The minimum Gasteiger partial charge on any atom is -0.483 e. The van der Waals surface area contributed by atoms with E-state index in [0.717, 1.165) is 37.0 Å². The van der Waals surface area contributed by atoms with Gasteiger partial charge < -0.3 is 15.0 Å². The van der Waals surface area contributed by atoms with E-state index < -0.39 is 0 Å². The number of nitrogens with one attached hydrogen (secondary N) is 1. The van der Waals surface area contributed by atoms with Crippen LogP contribution in [0.1, 0.15) is 33.6 Å². The number of piperidine rings is 1. The Labute approximate surface area is 170 Å². The van der Waals surface area contributed by atoms with E-state index in [1.165, 1.54) is 16.4 Å². The number of H-pyrrole nitrogens is 1. The van der Waals surface area contributed by atoms with Crippen molar-refractivity contribution >= 4 is 40.9 Å². The summed E-state index contributed by atoms with van der Waals surface area (Å²) in [6, 6.07) is 3.48. The van der Waals surface area contributed by atoms with E-state index in [1.807, 2.05) is 5.38 Å². The van der Waals surface area contributed by atoms with E-state index in [1.54, 1.807) is 18.3 Å². The fourth-order valence-corrected chi connectivity index (χ4v) is 4.33. The van der Waals surface area contributed by atoms with Crippen LogP contribution in [-0.2, 0) is 4.79 Å². The van der Waals surface area contributed by atoms with Gasteiger partial charge in [0.15, 0.2) is 0 Å². The fraction of sp³-hybridized carbons (Fsp3) is 0.316. The minimum atomic E-state index is -0.250. The van der Waals surface area contributed by atoms with E-state index in [0.29, 0.717) is 22.5 Å². The summed E-state index contributed by atoms with van der Waals surface area (Å²) in [5.74, 6) is 0.322. The Balaban J connectivity index is 0.000000645. The van der Waals surface area contributed by atoms with E-state index in [9.17, 15) is 9.59 Å². The Kier molecular flexibility index (Phi) is 5.12. The average Bonchev–Trinajstić information content (AvgIpc) is 3.42. The lowest BCUT2D eigenvalue weighted by Crippen LogP contribution is -2.46. The summed E-state index contributed by atoms with van der Waals surface area (Å²) in [5.41, 5.74) is 3.28. The van der Waals surface area contributed by atoms with Crippen LogP contribution in [0.2, 0.25) is 0 Å². The number of aromatic amines is 1. The second-order valence-electron chi connectivity index (χ2n) is 7.03. The molecule has 2 aliphatic heterocycles. The molecule has 29 heavy (non-hydrogen) atoms. The normalized spacial score (nSPS) is 17.3. The maximum atomic E-state index is 12.9.